The fraction of sp³-hybridized carbons (Fsp3) is 0.500. The topological polar surface area (TPSA) is 152 Å². The molecule has 1 aromatic rings. The number of benzene rings is 1. The lowest BCUT2D eigenvalue weighted by atomic mass is 9.96. The highest BCUT2D eigenvalue weighted by molar-refractivity contribution is 5.81. The Balaban J connectivity index is 2.41. The van der Waals surface area contributed by atoms with Gasteiger partial charge in [-0.3, -0.25) is 19.2 Å². The predicted molar refractivity (Wildman–Crippen MR) is 106 cm³/mol. The van der Waals surface area contributed by atoms with Gasteiger partial charge in [-0.05, 0) is 31.2 Å². The van der Waals surface area contributed by atoms with Crippen LogP contribution < -0.4 is 15.8 Å². The number of hydrogen-bond donors (Lipinski definition) is 2. The molecule has 1 aromatic carbocycles. The highest BCUT2D eigenvalue weighted by Crippen LogP contribution is 2.30. The van der Waals surface area contributed by atoms with Gasteiger partial charge in [0.05, 0.1) is 6.61 Å². The molecular formula is C20H26N2O9. The minimum Gasteiger partial charge on any atom is -0.494 e. The Morgan fingerprint density at radius 3 is 1.90 bits per heavy atom. The number of rotatable bonds is 8. The lowest BCUT2D eigenvalue weighted by molar-refractivity contribution is -0.238. The molecule has 0 spiro atoms. The van der Waals surface area contributed by atoms with Crippen molar-refractivity contribution < 1.29 is 42.9 Å². The highest BCUT2D eigenvalue weighted by atomic mass is 16.7. The van der Waals surface area contributed by atoms with Gasteiger partial charge in [-0.2, -0.15) is 0 Å². The number of esters is 3. The van der Waals surface area contributed by atoms with Crippen LogP contribution in [0.2, 0.25) is 0 Å². The minimum absolute atomic E-state index is 0.495. The number of nitrogens with one attached hydrogen (secondary N) is 1. The molecule has 11 heteroatoms. The number of ether oxygens (including phenoxy) is 5. The van der Waals surface area contributed by atoms with E-state index in [-0.39, 0.29) is 0 Å². The van der Waals surface area contributed by atoms with Gasteiger partial charge < -0.3 is 34.7 Å². The fourth-order valence-electron chi connectivity index (χ4n) is 3.13. The van der Waals surface area contributed by atoms with Gasteiger partial charge >= 0.3 is 17.9 Å². The summed E-state index contributed by atoms with van der Waals surface area (Å²) in [7, 11) is 0. The third-order valence-electron chi connectivity index (χ3n) is 4.20. The van der Waals surface area contributed by atoms with Crippen molar-refractivity contribution in [3.8, 4) is 5.75 Å². The summed E-state index contributed by atoms with van der Waals surface area (Å²) >= 11 is 0. The molecule has 1 aliphatic rings. The lowest BCUT2D eigenvalue weighted by Crippen LogP contribution is -2.65. The Morgan fingerprint density at radius 1 is 0.903 bits per heavy atom. The number of carbonyl (C=O) groups excluding carboxylic acids is 4. The van der Waals surface area contributed by atoms with Crippen LogP contribution in [-0.4, -0.2) is 61.1 Å². The van der Waals surface area contributed by atoms with Crippen molar-refractivity contribution >= 4 is 29.5 Å². The maximum absolute atomic E-state index is 12.0. The van der Waals surface area contributed by atoms with E-state index in [1.807, 2.05) is 6.92 Å². The molecule has 1 aliphatic heterocycles. The monoisotopic (exact) mass is 438 g/mol. The molecule has 170 valence electrons. The van der Waals surface area contributed by atoms with Crippen molar-refractivity contribution in [2.45, 2.75) is 58.3 Å². The van der Waals surface area contributed by atoms with Crippen molar-refractivity contribution in [2.24, 2.45) is 5.73 Å². The first-order chi connectivity index (χ1) is 14.6. The van der Waals surface area contributed by atoms with Crippen LogP contribution in [0.25, 0.3) is 0 Å². The summed E-state index contributed by atoms with van der Waals surface area (Å²) in [5.41, 5.74) is 5.96. The van der Waals surface area contributed by atoms with Crippen molar-refractivity contribution in [3.63, 3.8) is 0 Å². The Kier molecular flexibility index (Phi) is 8.20. The van der Waals surface area contributed by atoms with E-state index in [1.165, 1.54) is 0 Å². The molecule has 3 N–H and O–H groups in total. The van der Waals surface area contributed by atoms with E-state index in [2.05, 4.69) is 5.32 Å². The van der Waals surface area contributed by atoms with E-state index >= 15 is 0 Å². The van der Waals surface area contributed by atoms with Gasteiger partial charge in [0.2, 0.25) is 0 Å². The van der Waals surface area contributed by atoms with Gasteiger partial charge in [0.15, 0.2) is 30.6 Å². The standard InChI is InChI=1S/C20H26N2O9/c1-5-27-14-8-6-13(7-9-14)22-20-18(30-12(4)25)16(29-11(3)24)15(28-10(2)23)17(31-20)19(21)26/h6-9,15-18,20,22H,5H2,1-4H3,(H2,21,26)/t15-,16-,17-,18+,20?/m0/s1. The van der Waals surface area contributed by atoms with Crippen LogP contribution in [0.1, 0.15) is 27.7 Å². The van der Waals surface area contributed by atoms with E-state index < -0.39 is 54.5 Å². The molecule has 11 nitrogen and oxygen atoms in total. The Morgan fingerprint density at radius 2 is 1.42 bits per heavy atom. The molecule has 0 radical (unpaired) electrons. The number of primary amides is 1. The summed E-state index contributed by atoms with van der Waals surface area (Å²) < 4.78 is 26.8. The largest absolute Gasteiger partial charge is 0.494 e. The third-order valence-corrected chi connectivity index (χ3v) is 4.20. The quantitative estimate of drug-likeness (QED) is 0.433. The molecule has 5 atom stereocenters. The van der Waals surface area contributed by atoms with Gasteiger partial charge in [-0.25, -0.2) is 0 Å². The van der Waals surface area contributed by atoms with Crippen LogP contribution in [0.15, 0.2) is 24.3 Å². The van der Waals surface area contributed by atoms with Crippen LogP contribution in [0.4, 0.5) is 5.69 Å². The van der Waals surface area contributed by atoms with E-state index in [0.29, 0.717) is 18.0 Å². The van der Waals surface area contributed by atoms with Crippen LogP contribution in [0, 0.1) is 0 Å². The number of carbonyl (C=O) groups is 4. The van der Waals surface area contributed by atoms with E-state index in [9.17, 15) is 19.2 Å². The number of nitrogens with two attached hydrogens (primary N) is 1. The van der Waals surface area contributed by atoms with Crippen LogP contribution >= 0.6 is 0 Å². The van der Waals surface area contributed by atoms with Crippen LogP contribution in [-0.2, 0) is 38.1 Å². The second-order valence-electron chi connectivity index (χ2n) is 6.70. The van der Waals surface area contributed by atoms with Gasteiger partial charge in [0, 0.05) is 26.5 Å². The van der Waals surface area contributed by atoms with Crippen molar-refractivity contribution in [3.05, 3.63) is 24.3 Å². The number of anilines is 1. The Bertz CT molecular complexity index is 811. The summed E-state index contributed by atoms with van der Waals surface area (Å²) in [5.74, 6) is -2.54. The van der Waals surface area contributed by atoms with E-state index in [0.717, 1.165) is 20.8 Å². The molecule has 1 heterocycles. The zero-order chi connectivity index (χ0) is 23.1. The summed E-state index contributed by atoms with van der Waals surface area (Å²) in [4.78, 5) is 47.1. The second-order valence-corrected chi connectivity index (χ2v) is 6.70. The van der Waals surface area contributed by atoms with E-state index in [1.54, 1.807) is 24.3 Å². The SMILES string of the molecule is CCOc1ccc(NC2O[C@H](C(N)=O)[C@@H](OC(C)=O)[C@H](OC(C)=O)[C@H]2OC(C)=O)cc1. The predicted octanol–water partition coefficient (Wildman–Crippen LogP) is 0.503. The first-order valence-corrected chi connectivity index (χ1v) is 9.58. The molecule has 1 amide bonds. The average molecular weight is 438 g/mol. The molecular weight excluding hydrogens is 412 g/mol. The van der Waals surface area contributed by atoms with Gasteiger partial charge in [-0.1, -0.05) is 0 Å². The molecule has 1 fully saturated rings. The smallest absolute Gasteiger partial charge is 0.303 e. The summed E-state index contributed by atoms with van der Waals surface area (Å²) in [6, 6.07) is 6.76. The van der Waals surface area contributed by atoms with Crippen molar-refractivity contribution in [2.75, 3.05) is 11.9 Å². The molecule has 0 saturated carbocycles. The maximum Gasteiger partial charge on any atom is 0.303 e. The summed E-state index contributed by atoms with van der Waals surface area (Å²) in [6.45, 7) is 5.73. The maximum atomic E-state index is 12.0. The average Bonchev–Trinajstić information content (AvgIpc) is 2.66. The Labute approximate surface area is 179 Å². The molecule has 0 aliphatic carbocycles. The normalized spacial score (nSPS) is 25.1. The van der Waals surface area contributed by atoms with Gasteiger partial charge in [0.1, 0.15) is 5.75 Å². The van der Waals surface area contributed by atoms with Crippen LogP contribution in [0.5, 0.6) is 5.75 Å². The van der Waals surface area contributed by atoms with Crippen molar-refractivity contribution in [1.29, 1.82) is 0 Å². The fourth-order valence-corrected chi connectivity index (χ4v) is 3.13. The Hall–Kier alpha value is -3.34. The zero-order valence-electron chi connectivity index (χ0n) is 17.7. The van der Waals surface area contributed by atoms with Gasteiger partial charge in [0.25, 0.3) is 5.91 Å². The third kappa shape index (κ3) is 6.57. The first-order valence-electron chi connectivity index (χ1n) is 9.58. The lowest BCUT2D eigenvalue weighted by Gasteiger charge is -2.43. The van der Waals surface area contributed by atoms with Crippen molar-refractivity contribution in [1.82, 2.24) is 0 Å². The molecule has 1 saturated heterocycles. The zero-order valence-corrected chi connectivity index (χ0v) is 17.7. The number of amides is 1. The van der Waals surface area contributed by atoms with E-state index in [4.69, 9.17) is 29.4 Å². The molecule has 31 heavy (non-hydrogen) atoms. The van der Waals surface area contributed by atoms with Crippen LogP contribution in [0.3, 0.4) is 0 Å². The molecule has 1 unspecified atom stereocenters. The molecule has 0 aromatic heterocycles. The minimum atomic E-state index is -1.47. The molecule has 2 rings (SSSR count). The summed E-state index contributed by atoms with van der Waals surface area (Å²) in [5, 5.41) is 2.97. The second kappa shape index (κ2) is 10.6. The highest BCUT2D eigenvalue weighted by Gasteiger charge is 2.53. The number of hydrogen-bond acceptors (Lipinski definition) is 10. The van der Waals surface area contributed by atoms with Gasteiger partial charge in [-0.15, -0.1) is 0 Å². The molecule has 0 bridgehead atoms. The first kappa shape index (κ1) is 23.9. The summed E-state index contributed by atoms with van der Waals surface area (Å²) in [6.07, 6.45) is -6.65.